The van der Waals surface area contributed by atoms with Crippen LogP contribution in [0.4, 0.5) is 10.5 Å². The highest BCUT2D eigenvalue weighted by atomic mass is 79.9. The Kier molecular flexibility index (Phi) is 9.64. The van der Waals surface area contributed by atoms with E-state index in [9.17, 15) is 24.5 Å². The summed E-state index contributed by atoms with van der Waals surface area (Å²) in [5, 5.41) is 11.3. The predicted molar refractivity (Wildman–Crippen MR) is 157 cm³/mol. The third-order valence-corrected chi connectivity index (χ3v) is 7.64. The Morgan fingerprint density at radius 3 is 1.95 bits per heavy atom. The molecule has 0 spiro atoms. The van der Waals surface area contributed by atoms with Crippen molar-refractivity contribution in [2.45, 2.75) is 37.9 Å². The number of non-ortho nitro benzene ring substituents is 1. The Morgan fingerprint density at radius 2 is 1.45 bits per heavy atom. The van der Waals surface area contributed by atoms with Crippen LogP contribution >= 0.6 is 31.9 Å². The van der Waals surface area contributed by atoms with Gasteiger partial charge in [0.1, 0.15) is 11.8 Å². The van der Waals surface area contributed by atoms with Crippen molar-refractivity contribution in [3.63, 3.8) is 0 Å². The minimum Gasteiger partial charge on any atom is -0.454 e. The first-order valence-corrected chi connectivity index (χ1v) is 14.2. The van der Waals surface area contributed by atoms with E-state index < -0.39 is 47.0 Å². The molecule has 11 nitrogen and oxygen atoms in total. The number of methoxy groups -OCH3 is 1. The highest BCUT2D eigenvalue weighted by Gasteiger charge is 2.50. The molecule has 0 bridgehead atoms. The molecule has 0 aromatic heterocycles. The van der Waals surface area contributed by atoms with Gasteiger partial charge in [0.2, 0.25) is 0 Å². The molecule has 0 N–H and O–H groups in total. The number of hydrogen-bond donors (Lipinski definition) is 0. The summed E-state index contributed by atoms with van der Waals surface area (Å²) < 4.78 is 24.6. The number of nitrogens with zero attached hydrogens (tertiary/aromatic N) is 2. The molecule has 42 heavy (non-hydrogen) atoms. The maximum absolute atomic E-state index is 13.3. The normalized spacial score (nSPS) is 18.5. The second-order valence-electron chi connectivity index (χ2n) is 9.74. The van der Waals surface area contributed by atoms with Crippen molar-refractivity contribution in [3.05, 3.63) is 109 Å². The lowest BCUT2D eigenvalue weighted by molar-refractivity contribution is -0.384. The molecule has 3 aromatic carbocycles. The average molecular weight is 706 g/mol. The number of carbonyl (C=O) groups is 3. The van der Waals surface area contributed by atoms with Crippen LogP contribution in [0.3, 0.4) is 0 Å². The molecular formula is C29H26Br2N2O9. The van der Waals surface area contributed by atoms with Gasteiger partial charge in [-0.2, -0.15) is 0 Å². The van der Waals surface area contributed by atoms with E-state index in [2.05, 4.69) is 31.9 Å². The largest absolute Gasteiger partial charge is 0.454 e. The van der Waals surface area contributed by atoms with Gasteiger partial charge in [0.25, 0.3) is 5.69 Å². The number of ether oxygens (including phenoxy) is 4. The van der Waals surface area contributed by atoms with E-state index >= 15 is 0 Å². The van der Waals surface area contributed by atoms with Crippen molar-refractivity contribution in [1.82, 2.24) is 4.90 Å². The topological polar surface area (TPSA) is 135 Å². The van der Waals surface area contributed by atoms with Gasteiger partial charge in [0.05, 0.1) is 29.7 Å². The van der Waals surface area contributed by atoms with Gasteiger partial charge >= 0.3 is 18.0 Å². The van der Waals surface area contributed by atoms with Crippen LogP contribution in [0.15, 0.2) is 81.7 Å². The Hall–Kier alpha value is -3.81. The average Bonchev–Trinajstić information content (AvgIpc) is 2.96. The van der Waals surface area contributed by atoms with Gasteiger partial charge in [-0.25, -0.2) is 14.4 Å². The lowest BCUT2D eigenvalue weighted by Crippen LogP contribution is -2.63. The summed E-state index contributed by atoms with van der Waals surface area (Å²) in [5.74, 6) is -1.41. The van der Waals surface area contributed by atoms with E-state index in [1.54, 1.807) is 62.4 Å². The molecule has 1 aliphatic heterocycles. The number of nitro benzene ring substituents is 1. The number of halogens is 2. The second-order valence-corrected chi connectivity index (χ2v) is 11.6. The lowest BCUT2D eigenvalue weighted by Gasteiger charge is -2.49. The van der Waals surface area contributed by atoms with E-state index in [0.29, 0.717) is 5.56 Å². The Morgan fingerprint density at radius 1 is 0.929 bits per heavy atom. The molecule has 0 aliphatic carbocycles. The van der Waals surface area contributed by atoms with Gasteiger partial charge < -0.3 is 18.9 Å². The molecule has 0 saturated carbocycles. The monoisotopic (exact) mass is 704 g/mol. The minimum absolute atomic E-state index is 0.161. The molecule has 1 heterocycles. The van der Waals surface area contributed by atoms with Crippen LogP contribution in [0.25, 0.3) is 0 Å². The maximum atomic E-state index is 13.3. The summed E-state index contributed by atoms with van der Waals surface area (Å²) in [5.41, 5.74) is -0.633. The molecule has 4 rings (SSSR count). The number of nitro groups is 1. The number of hydrogen-bond acceptors (Lipinski definition) is 9. The van der Waals surface area contributed by atoms with E-state index in [-0.39, 0.29) is 23.4 Å². The van der Waals surface area contributed by atoms with Gasteiger partial charge in [-0.3, -0.25) is 15.0 Å². The smallest absolute Gasteiger partial charge is 0.411 e. The molecule has 1 aliphatic rings. The van der Waals surface area contributed by atoms with Gasteiger partial charge in [0, 0.05) is 21.1 Å². The minimum atomic E-state index is -1.29. The van der Waals surface area contributed by atoms with Crippen LogP contribution in [0.1, 0.15) is 46.2 Å². The van der Waals surface area contributed by atoms with Crippen LogP contribution in [-0.2, 0) is 18.9 Å². The van der Waals surface area contributed by atoms with Crippen molar-refractivity contribution in [1.29, 1.82) is 0 Å². The SMILES string of the molecule is COC(=O)N1C[C@@H](OC(=O)c2ccc(Br)cc2)[C@H]([C@@H](OC(=O)c2ccc(Br)cc2)c2ccc([N+](=O)[O-])cc2)OC1(C)C. The van der Waals surface area contributed by atoms with Crippen LogP contribution in [-0.4, -0.2) is 59.4 Å². The van der Waals surface area contributed by atoms with Crippen LogP contribution in [0.2, 0.25) is 0 Å². The molecule has 0 unspecified atom stereocenters. The third-order valence-electron chi connectivity index (χ3n) is 6.58. The zero-order valence-corrected chi connectivity index (χ0v) is 25.9. The van der Waals surface area contributed by atoms with Gasteiger partial charge in [-0.1, -0.05) is 31.9 Å². The number of carbonyl (C=O) groups excluding carboxylic acids is 3. The highest BCUT2D eigenvalue weighted by Crippen LogP contribution is 2.38. The van der Waals surface area contributed by atoms with Gasteiger partial charge in [-0.15, -0.1) is 0 Å². The molecule has 1 saturated heterocycles. The summed E-state index contributed by atoms with van der Waals surface area (Å²) in [6.45, 7) is 3.08. The van der Waals surface area contributed by atoms with Crippen molar-refractivity contribution in [2.24, 2.45) is 0 Å². The standard InChI is InChI=1S/C29H26Br2N2O9/c1-29(2)32(28(36)39-3)16-23(40-26(34)18-4-10-20(30)11-5-18)25(42-29)24(17-8-14-22(15-9-17)33(37)38)41-27(35)19-6-12-21(31)13-7-19/h4-15,23-25H,16H2,1-3H3/t23-,24+,25-/m1/s1. The van der Waals surface area contributed by atoms with E-state index in [4.69, 9.17) is 18.9 Å². The predicted octanol–water partition coefficient (Wildman–Crippen LogP) is 6.45. The summed E-state index contributed by atoms with van der Waals surface area (Å²) in [6, 6.07) is 18.4. The molecule has 13 heteroatoms. The van der Waals surface area contributed by atoms with Crippen molar-refractivity contribution in [3.8, 4) is 0 Å². The van der Waals surface area contributed by atoms with Crippen molar-refractivity contribution >= 4 is 55.6 Å². The van der Waals surface area contributed by atoms with Gasteiger partial charge in [-0.05, 0) is 80.1 Å². The first-order valence-electron chi connectivity index (χ1n) is 12.6. The second kappa shape index (κ2) is 13.0. The zero-order valence-electron chi connectivity index (χ0n) is 22.7. The fraction of sp³-hybridized carbons (Fsp3) is 0.276. The van der Waals surface area contributed by atoms with Crippen molar-refractivity contribution in [2.75, 3.05) is 13.7 Å². The van der Waals surface area contributed by atoms with Crippen LogP contribution in [0, 0.1) is 10.1 Å². The zero-order chi connectivity index (χ0) is 30.6. The van der Waals surface area contributed by atoms with Crippen LogP contribution in [0.5, 0.6) is 0 Å². The first kappa shape index (κ1) is 31.1. The Bertz CT molecular complexity index is 1460. The number of rotatable bonds is 7. The molecule has 3 aromatic rings. The van der Waals surface area contributed by atoms with E-state index in [1.807, 2.05) is 0 Å². The number of benzene rings is 3. The first-order chi connectivity index (χ1) is 19.9. The summed E-state index contributed by atoms with van der Waals surface area (Å²) >= 11 is 6.66. The van der Waals surface area contributed by atoms with Crippen molar-refractivity contribution < 1.29 is 38.3 Å². The molecule has 1 amide bonds. The molecule has 1 fully saturated rings. The lowest BCUT2D eigenvalue weighted by atomic mass is 9.96. The summed E-state index contributed by atoms with van der Waals surface area (Å²) in [4.78, 5) is 51.2. The number of esters is 2. The molecular weight excluding hydrogens is 680 g/mol. The van der Waals surface area contributed by atoms with Gasteiger partial charge in [0.15, 0.2) is 12.2 Å². The van der Waals surface area contributed by atoms with Crippen LogP contribution < -0.4 is 0 Å². The van der Waals surface area contributed by atoms with E-state index in [1.165, 1.54) is 36.3 Å². The number of amides is 1. The summed E-state index contributed by atoms with van der Waals surface area (Å²) in [6.07, 6.45) is -4.21. The summed E-state index contributed by atoms with van der Waals surface area (Å²) in [7, 11) is 1.22. The Balaban J connectivity index is 1.76. The quantitative estimate of drug-likeness (QED) is 0.118. The third kappa shape index (κ3) is 7.15. The molecule has 3 atom stereocenters. The fourth-order valence-electron chi connectivity index (χ4n) is 4.41. The highest BCUT2D eigenvalue weighted by molar-refractivity contribution is 9.10. The Labute approximate surface area is 258 Å². The molecule has 0 radical (unpaired) electrons. The van der Waals surface area contributed by atoms with E-state index in [0.717, 1.165) is 8.95 Å². The fourth-order valence-corrected chi connectivity index (χ4v) is 4.94. The molecule has 220 valence electrons. The maximum Gasteiger partial charge on any atom is 0.411 e.